The van der Waals surface area contributed by atoms with E-state index in [4.69, 9.17) is 0 Å². The van der Waals surface area contributed by atoms with E-state index in [2.05, 4.69) is 16.0 Å². The maximum absolute atomic E-state index is 13.0. The van der Waals surface area contributed by atoms with Gasteiger partial charge in [-0.25, -0.2) is 0 Å². The highest BCUT2D eigenvalue weighted by atomic mass is 32.1. The molecule has 0 radical (unpaired) electrons. The molecule has 172 valence electrons. The summed E-state index contributed by atoms with van der Waals surface area (Å²) in [7, 11) is 0. The van der Waals surface area contributed by atoms with Gasteiger partial charge >= 0.3 is 0 Å². The van der Waals surface area contributed by atoms with Crippen molar-refractivity contribution in [1.29, 1.82) is 0 Å². The molecule has 3 N–H and O–H groups in total. The summed E-state index contributed by atoms with van der Waals surface area (Å²) in [4.78, 5) is 38.2. The zero-order valence-electron chi connectivity index (χ0n) is 18.8. The SMILES string of the molecule is CC(C)CC(=O)Nc1cccc(CNC(=O)C(Cc2ccccc2)NC(=O)c2cccs2)c1. The minimum atomic E-state index is -0.712. The molecule has 0 saturated heterocycles. The number of hydrogen-bond donors (Lipinski definition) is 3. The summed E-state index contributed by atoms with van der Waals surface area (Å²) in [5.74, 6) is -0.294. The molecule has 1 unspecified atom stereocenters. The molecule has 0 aliphatic carbocycles. The minimum absolute atomic E-state index is 0.0367. The number of anilines is 1. The van der Waals surface area contributed by atoms with Gasteiger partial charge in [0.2, 0.25) is 11.8 Å². The number of carbonyl (C=O) groups excluding carboxylic acids is 3. The first-order valence-corrected chi connectivity index (χ1v) is 11.8. The Balaban J connectivity index is 1.64. The normalized spacial score (nSPS) is 11.6. The van der Waals surface area contributed by atoms with Crippen LogP contribution in [0.4, 0.5) is 5.69 Å². The average Bonchev–Trinajstić information content (AvgIpc) is 3.32. The molecule has 6 nitrogen and oxygen atoms in total. The molecule has 7 heteroatoms. The molecular weight excluding hydrogens is 434 g/mol. The lowest BCUT2D eigenvalue weighted by molar-refractivity contribution is -0.123. The van der Waals surface area contributed by atoms with Crippen molar-refractivity contribution in [1.82, 2.24) is 10.6 Å². The molecule has 3 aromatic rings. The fourth-order valence-corrected chi connectivity index (χ4v) is 3.98. The van der Waals surface area contributed by atoms with Crippen LogP contribution in [0.5, 0.6) is 0 Å². The molecule has 2 aromatic carbocycles. The highest BCUT2D eigenvalue weighted by molar-refractivity contribution is 7.12. The topological polar surface area (TPSA) is 87.3 Å². The van der Waals surface area contributed by atoms with E-state index < -0.39 is 6.04 Å². The van der Waals surface area contributed by atoms with Gasteiger partial charge in [-0.15, -0.1) is 11.3 Å². The monoisotopic (exact) mass is 463 g/mol. The molecule has 1 heterocycles. The van der Waals surface area contributed by atoms with Gasteiger partial charge in [-0.1, -0.05) is 62.4 Å². The number of rotatable bonds is 10. The number of hydrogen-bond acceptors (Lipinski definition) is 4. The van der Waals surface area contributed by atoms with Crippen LogP contribution < -0.4 is 16.0 Å². The Labute approximate surface area is 198 Å². The van der Waals surface area contributed by atoms with Crippen molar-refractivity contribution in [2.75, 3.05) is 5.32 Å². The lowest BCUT2D eigenvalue weighted by Crippen LogP contribution is -2.47. The molecule has 0 spiro atoms. The van der Waals surface area contributed by atoms with Crippen LogP contribution in [-0.4, -0.2) is 23.8 Å². The van der Waals surface area contributed by atoms with Crippen molar-refractivity contribution < 1.29 is 14.4 Å². The van der Waals surface area contributed by atoms with Crippen molar-refractivity contribution >= 4 is 34.7 Å². The summed E-state index contributed by atoms with van der Waals surface area (Å²) in [5.41, 5.74) is 2.51. The maximum atomic E-state index is 13.0. The third kappa shape index (κ3) is 7.88. The number of amides is 3. The molecule has 0 fully saturated rings. The van der Waals surface area contributed by atoms with E-state index in [1.54, 1.807) is 12.1 Å². The predicted octanol–water partition coefficient (Wildman–Crippen LogP) is 4.39. The molecule has 0 bridgehead atoms. The second-order valence-corrected chi connectivity index (χ2v) is 9.21. The highest BCUT2D eigenvalue weighted by Gasteiger charge is 2.22. The van der Waals surface area contributed by atoms with Crippen LogP contribution in [-0.2, 0) is 22.6 Å². The van der Waals surface area contributed by atoms with Gasteiger partial charge < -0.3 is 16.0 Å². The molecule has 0 aliphatic heterocycles. The highest BCUT2D eigenvalue weighted by Crippen LogP contribution is 2.13. The fraction of sp³-hybridized carbons (Fsp3) is 0.269. The number of thiophene rings is 1. The molecule has 0 aliphatic rings. The Kier molecular flexibility index (Phi) is 8.78. The molecule has 33 heavy (non-hydrogen) atoms. The average molecular weight is 464 g/mol. The summed E-state index contributed by atoms with van der Waals surface area (Å²) >= 11 is 1.33. The van der Waals surface area contributed by atoms with Gasteiger partial charge in [0.15, 0.2) is 0 Å². The summed E-state index contributed by atoms with van der Waals surface area (Å²) in [6.07, 6.45) is 0.834. The van der Waals surface area contributed by atoms with Gasteiger partial charge in [-0.3, -0.25) is 14.4 Å². The van der Waals surface area contributed by atoms with Gasteiger partial charge in [0.25, 0.3) is 5.91 Å². The Morgan fingerprint density at radius 2 is 1.67 bits per heavy atom. The van der Waals surface area contributed by atoms with E-state index in [-0.39, 0.29) is 30.2 Å². The lowest BCUT2D eigenvalue weighted by Gasteiger charge is -2.18. The van der Waals surface area contributed by atoms with Crippen LogP contribution in [0.3, 0.4) is 0 Å². The molecule has 1 atom stereocenters. The van der Waals surface area contributed by atoms with Crippen LogP contribution in [0.25, 0.3) is 0 Å². The largest absolute Gasteiger partial charge is 0.350 e. The van der Waals surface area contributed by atoms with Gasteiger partial charge in [-0.05, 0) is 40.6 Å². The Morgan fingerprint density at radius 3 is 2.36 bits per heavy atom. The quantitative estimate of drug-likeness (QED) is 0.417. The van der Waals surface area contributed by atoms with Crippen LogP contribution >= 0.6 is 11.3 Å². The zero-order chi connectivity index (χ0) is 23.6. The Morgan fingerprint density at radius 1 is 0.909 bits per heavy atom. The Bertz CT molecular complexity index is 1070. The van der Waals surface area contributed by atoms with E-state index in [1.165, 1.54) is 11.3 Å². The smallest absolute Gasteiger partial charge is 0.262 e. The summed E-state index contributed by atoms with van der Waals surface area (Å²) in [6.45, 7) is 4.27. The number of nitrogens with one attached hydrogen (secondary N) is 3. The zero-order valence-corrected chi connectivity index (χ0v) is 19.7. The van der Waals surface area contributed by atoms with Crippen molar-refractivity contribution in [3.63, 3.8) is 0 Å². The first kappa shape index (κ1) is 24.2. The van der Waals surface area contributed by atoms with E-state index in [0.29, 0.717) is 23.4 Å². The van der Waals surface area contributed by atoms with Crippen LogP contribution in [0.15, 0.2) is 72.1 Å². The second kappa shape index (κ2) is 12.0. The number of benzene rings is 2. The minimum Gasteiger partial charge on any atom is -0.350 e. The predicted molar refractivity (Wildman–Crippen MR) is 132 cm³/mol. The third-order valence-electron chi connectivity index (χ3n) is 4.92. The van der Waals surface area contributed by atoms with Gasteiger partial charge in [-0.2, -0.15) is 0 Å². The van der Waals surface area contributed by atoms with Crippen molar-refractivity contribution in [3.05, 3.63) is 88.1 Å². The maximum Gasteiger partial charge on any atom is 0.262 e. The van der Waals surface area contributed by atoms with Crippen molar-refractivity contribution in [3.8, 4) is 0 Å². The lowest BCUT2D eigenvalue weighted by atomic mass is 10.0. The molecular formula is C26H29N3O3S. The first-order chi connectivity index (χ1) is 15.9. The number of carbonyl (C=O) groups is 3. The summed E-state index contributed by atoms with van der Waals surface area (Å²) in [6, 6.07) is 19.8. The van der Waals surface area contributed by atoms with E-state index in [1.807, 2.05) is 73.8 Å². The van der Waals surface area contributed by atoms with Crippen LogP contribution in [0, 0.1) is 5.92 Å². The van der Waals surface area contributed by atoms with Crippen molar-refractivity contribution in [2.45, 2.75) is 39.3 Å². The molecule has 0 saturated carbocycles. The van der Waals surface area contributed by atoms with E-state index >= 15 is 0 Å². The second-order valence-electron chi connectivity index (χ2n) is 8.26. The standard InChI is InChI=1S/C26H29N3O3S/c1-18(2)14-24(30)28-21-11-6-10-20(15-21)17-27-25(31)22(16-19-8-4-3-5-9-19)29-26(32)23-12-7-13-33-23/h3-13,15,18,22H,14,16-17H2,1-2H3,(H,27,31)(H,28,30)(H,29,32). The third-order valence-corrected chi connectivity index (χ3v) is 5.79. The van der Waals surface area contributed by atoms with Gasteiger partial charge in [0, 0.05) is 25.1 Å². The summed E-state index contributed by atoms with van der Waals surface area (Å²) in [5, 5.41) is 10.5. The van der Waals surface area contributed by atoms with E-state index in [9.17, 15) is 14.4 Å². The Hall–Kier alpha value is -3.45. The molecule has 1 aromatic heterocycles. The van der Waals surface area contributed by atoms with Crippen LogP contribution in [0.2, 0.25) is 0 Å². The van der Waals surface area contributed by atoms with Gasteiger partial charge in [0.05, 0.1) is 4.88 Å². The molecule has 3 amide bonds. The molecule has 3 rings (SSSR count). The summed E-state index contributed by atoms with van der Waals surface area (Å²) < 4.78 is 0. The fourth-order valence-electron chi connectivity index (χ4n) is 3.35. The van der Waals surface area contributed by atoms with E-state index in [0.717, 1.165) is 11.1 Å². The van der Waals surface area contributed by atoms with Gasteiger partial charge in [0.1, 0.15) is 6.04 Å². The first-order valence-electron chi connectivity index (χ1n) is 11.0. The van der Waals surface area contributed by atoms with Crippen molar-refractivity contribution in [2.24, 2.45) is 5.92 Å². The van der Waals surface area contributed by atoms with Crippen LogP contribution in [0.1, 0.15) is 41.1 Å².